The fourth-order valence-electron chi connectivity index (χ4n) is 2.36. The van der Waals surface area contributed by atoms with Gasteiger partial charge in [-0.2, -0.15) is 5.11 Å². The second-order valence-corrected chi connectivity index (χ2v) is 6.34. The summed E-state index contributed by atoms with van der Waals surface area (Å²) in [5.74, 6) is 1.24. The average molecular weight is 370 g/mol. The molecule has 6 heteroatoms. The normalized spacial score (nSPS) is 15.1. The first-order valence-electron chi connectivity index (χ1n) is 9.53. The molecule has 0 amide bonds. The minimum atomic E-state index is 0.551. The molecule has 0 fully saturated rings. The maximum atomic E-state index is 6.13. The van der Waals surface area contributed by atoms with Gasteiger partial charge in [-0.25, -0.2) is 0 Å². The monoisotopic (exact) mass is 370 g/mol. The highest BCUT2D eigenvalue weighted by Gasteiger charge is 2.11. The Labute approximate surface area is 162 Å². The van der Waals surface area contributed by atoms with E-state index in [0.29, 0.717) is 36.1 Å². The molecule has 0 atom stereocenters. The Morgan fingerprint density at radius 3 is 2.41 bits per heavy atom. The van der Waals surface area contributed by atoms with Gasteiger partial charge in [-0.05, 0) is 25.0 Å². The number of nitrogen functional groups attached to an aromatic ring is 1. The number of benzene rings is 1. The summed E-state index contributed by atoms with van der Waals surface area (Å²) in [6.45, 7) is 5.49. The van der Waals surface area contributed by atoms with Crippen molar-refractivity contribution < 1.29 is 9.47 Å². The number of azo groups is 1. The molecule has 27 heavy (non-hydrogen) atoms. The van der Waals surface area contributed by atoms with Gasteiger partial charge in [0.2, 0.25) is 0 Å². The summed E-state index contributed by atoms with van der Waals surface area (Å²) in [6.07, 6.45) is 13.6. The molecular weight excluding hydrogens is 340 g/mol. The van der Waals surface area contributed by atoms with Gasteiger partial charge in [0.25, 0.3) is 0 Å². The standard InChI is InChI=1S/C21H30N4O2/c1-4-6-12-26-20-15-19(21(14-18(20)22)27-13-7-5-2)24-23-16-17-10-8-9-11-25(17)3/h8-11,14-16H,4-7,12-13,22H2,1-3H3/b17-16+,24-23?. The van der Waals surface area contributed by atoms with E-state index in [-0.39, 0.29) is 0 Å². The van der Waals surface area contributed by atoms with Crippen molar-refractivity contribution in [2.75, 3.05) is 26.0 Å². The van der Waals surface area contributed by atoms with E-state index in [0.717, 1.165) is 31.4 Å². The number of ether oxygens (including phenoxy) is 2. The second kappa shape index (κ2) is 11.1. The van der Waals surface area contributed by atoms with Crippen LogP contribution in [0.3, 0.4) is 0 Å². The molecule has 0 spiro atoms. The lowest BCUT2D eigenvalue weighted by molar-refractivity contribution is 0.303. The van der Waals surface area contributed by atoms with Gasteiger partial charge in [0, 0.05) is 25.4 Å². The molecule has 0 aromatic heterocycles. The van der Waals surface area contributed by atoms with Crippen molar-refractivity contribution in [3.05, 3.63) is 48.5 Å². The maximum Gasteiger partial charge on any atom is 0.149 e. The van der Waals surface area contributed by atoms with Gasteiger partial charge >= 0.3 is 0 Å². The van der Waals surface area contributed by atoms with E-state index in [9.17, 15) is 0 Å². The minimum Gasteiger partial charge on any atom is -0.491 e. The topological polar surface area (TPSA) is 72.4 Å². The molecule has 0 radical (unpaired) electrons. The Kier molecular flexibility index (Phi) is 8.42. The third-order valence-electron chi connectivity index (χ3n) is 4.05. The number of hydrogen-bond acceptors (Lipinski definition) is 6. The Morgan fingerprint density at radius 2 is 1.74 bits per heavy atom. The van der Waals surface area contributed by atoms with Crippen LogP contribution in [0.2, 0.25) is 0 Å². The predicted octanol–water partition coefficient (Wildman–Crippen LogP) is 5.57. The van der Waals surface area contributed by atoms with Crippen LogP contribution in [0.15, 0.2) is 58.7 Å². The molecule has 0 unspecified atom stereocenters. The summed E-state index contributed by atoms with van der Waals surface area (Å²) < 4.78 is 11.6. The van der Waals surface area contributed by atoms with Crippen LogP contribution in [0.1, 0.15) is 39.5 Å². The number of anilines is 1. The van der Waals surface area contributed by atoms with Crippen molar-refractivity contribution >= 4 is 11.4 Å². The lowest BCUT2D eigenvalue weighted by Gasteiger charge is -2.16. The summed E-state index contributed by atoms with van der Waals surface area (Å²) in [7, 11) is 1.96. The van der Waals surface area contributed by atoms with Crippen LogP contribution >= 0.6 is 0 Å². The number of hydrogen-bond donors (Lipinski definition) is 1. The maximum absolute atomic E-state index is 6.13. The van der Waals surface area contributed by atoms with Crippen LogP contribution in [0.5, 0.6) is 11.5 Å². The van der Waals surface area contributed by atoms with Gasteiger partial charge in [-0.15, -0.1) is 5.11 Å². The first-order chi connectivity index (χ1) is 13.2. The molecule has 1 aromatic carbocycles. The van der Waals surface area contributed by atoms with E-state index >= 15 is 0 Å². The Morgan fingerprint density at radius 1 is 1.04 bits per heavy atom. The molecular formula is C21H30N4O2. The van der Waals surface area contributed by atoms with Gasteiger partial charge in [-0.3, -0.25) is 0 Å². The molecule has 146 valence electrons. The summed E-state index contributed by atoms with van der Waals surface area (Å²) in [6, 6.07) is 3.57. The van der Waals surface area contributed by atoms with Crippen molar-refractivity contribution in [2.45, 2.75) is 39.5 Å². The quantitative estimate of drug-likeness (QED) is 0.332. The van der Waals surface area contributed by atoms with Crippen LogP contribution in [0.4, 0.5) is 11.4 Å². The van der Waals surface area contributed by atoms with Crippen LogP contribution in [0.25, 0.3) is 0 Å². The lowest BCUT2D eigenvalue weighted by Crippen LogP contribution is -2.09. The molecule has 1 heterocycles. The highest BCUT2D eigenvalue weighted by molar-refractivity contribution is 5.66. The van der Waals surface area contributed by atoms with Gasteiger partial charge in [0.1, 0.15) is 17.2 Å². The molecule has 1 aliphatic rings. The largest absolute Gasteiger partial charge is 0.491 e. The first kappa shape index (κ1) is 20.6. The van der Waals surface area contributed by atoms with E-state index in [1.54, 1.807) is 18.3 Å². The third kappa shape index (κ3) is 6.47. The zero-order chi connectivity index (χ0) is 19.5. The van der Waals surface area contributed by atoms with E-state index < -0.39 is 0 Å². The molecule has 0 saturated heterocycles. The first-order valence-corrected chi connectivity index (χ1v) is 9.53. The van der Waals surface area contributed by atoms with Crippen LogP contribution in [0, 0.1) is 0 Å². The zero-order valence-electron chi connectivity index (χ0n) is 16.5. The molecule has 2 rings (SSSR count). The summed E-state index contributed by atoms with van der Waals surface area (Å²) in [5.41, 5.74) is 8.24. The molecule has 2 N–H and O–H groups in total. The number of unbranched alkanes of at least 4 members (excludes halogenated alkanes) is 2. The van der Waals surface area contributed by atoms with Crippen LogP contribution < -0.4 is 15.2 Å². The Balaban J connectivity index is 2.21. The molecule has 6 nitrogen and oxygen atoms in total. The number of nitrogens with zero attached hydrogens (tertiary/aromatic N) is 3. The smallest absolute Gasteiger partial charge is 0.149 e. The molecule has 0 aliphatic carbocycles. The second-order valence-electron chi connectivity index (χ2n) is 6.34. The third-order valence-corrected chi connectivity index (χ3v) is 4.05. The molecule has 0 bridgehead atoms. The van der Waals surface area contributed by atoms with Crippen molar-refractivity contribution in [3.8, 4) is 11.5 Å². The number of likely N-dealkylation sites (N-methyl/N-ethyl adjacent to an activating group) is 1. The highest BCUT2D eigenvalue weighted by atomic mass is 16.5. The summed E-state index contributed by atoms with van der Waals surface area (Å²) >= 11 is 0. The Hall–Kier alpha value is -2.76. The number of nitrogens with two attached hydrogens (primary N) is 1. The number of allylic oxidation sites excluding steroid dienone is 3. The van der Waals surface area contributed by atoms with Crippen LogP contribution in [-0.2, 0) is 0 Å². The summed E-state index contributed by atoms with van der Waals surface area (Å²) in [4.78, 5) is 1.97. The van der Waals surface area contributed by atoms with Gasteiger partial charge in [0.05, 0.1) is 30.8 Å². The van der Waals surface area contributed by atoms with Crippen molar-refractivity contribution in [3.63, 3.8) is 0 Å². The SMILES string of the molecule is CCCCOc1cc(N=N/C=C2\C=CC=CN2C)c(OCCCC)cc1N. The number of rotatable bonds is 10. The fourth-order valence-corrected chi connectivity index (χ4v) is 2.36. The predicted molar refractivity (Wildman–Crippen MR) is 110 cm³/mol. The average Bonchev–Trinajstić information content (AvgIpc) is 2.66. The molecule has 1 aliphatic heterocycles. The lowest BCUT2D eigenvalue weighted by atomic mass is 10.2. The van der Waals surface area contributed by atoms with Crippen molar-refractivity contribution in [1.82, 2.24) is 4.90 Å². The minimum absolute atomic E-state index is 0.551. The highest BCUT2D eigenvalue weighted by Crippen LogP contribution is 2.37. The molecule has 0 saturated carbocycles. The molecule has 1 aromatic rings. The fraction of sp³-hybridized carbons (Fsp3) is 0.429. The van der Waals surface area contributed by atoms with Crippen molar-refractivity contribution in [2.24, 2.45) is 10.2 Å². The van der Waals surface area contributed by atoms with Gasteiger partial charge < -0.3 is 20.1 Å². The van der Waals surface area contributed by atoms with E-state index in [1.807, 2.05) is 36.4 Å². The van der Waals surface area contributed by atoms with E-state index in [2.05, 4.69) is 24.1 Å². The van der Waals surface area contributed by atoms with Gasteiger partial charge in [-0.1, -0.05) is 32.8 Å². The zero-order valence-corrected chi connectivity index (χ0v) is 16.5. The Bertz CT molecular complexity index is 723. The van der Waals surface area contributed by atoms with Crippen LogP contribution in [-0.4, -0.2) is 25.2 Å². The van der Waals surface area contributed by atoms with Gasteiger partial charge in [0.15, 0.2) is 0 Å². The van der Waals surface area contributed by atoms with E-state index in [4.69, 9.17) is 15.2 Å². The van der Waals surface area contributed by atoms with Crippen molar-refractivity contribution in [1.29, 1.82) is 0 Å². The van der Waals surface area contributed by atoms with E-state index in [1.165, 1.54) is 0 Å². The summed E-state index contributed by atoms with van der Waals surface area (Å²) in [5, 5.41) is 8.58.